The van der Waals surface area contributed by atoms with Crippen molar-refractivity contribution in [1.29, 1.82) is 0 Å². The summed E-state index contributed by atoms with van der Waals surface area (Å²) in [4.78, 5) is 40.9. The Balaban J connectivity index is 1.05. The maximum Gasteiger partial charge on any atom is 0.335 e. The van der Waals surface area contributed by atoms with Gasteiger partial charge in [0.2, 0.25) is 0 Å². The van der Waals surface area contributed by atoms with Crippen molar-refractivity contribution in [2.24, 2.45) is 56.2 Å². The molecule has 0 bridgehead atoms. The highest BCUT2D eigenvalue weighted by Gasteiger charge is 2.74. The molecular weight excluding hydrogens is 1110 g/mol. The molecular formula is C58H90O26. The molecule has 8 fully saturated rings. The summed E-state index contributed by atoms with van der Waals surface area (Å²) >= 11 is 0. The number of carboxylic acid groups (broad SMARTS) is 1. The zero-order valence-electron chi connectivity index (χ0n) is 48.8. The number of carbonyl (C=O) groups is 3. The highest BCUT2D eigenvalue weighted by atomic mass is 16.8. The predicted octanol–water partition coefficient (Wildman–Crippen LogP) is -2.34. The number of aliphatic hydroxyl groups excluding tert-OH is 13. The number of ether oxygens (including phenoxy) is 9. The summed E-state index contributed by atoms with van der Waals surface area (Å²) < 4.78 is 54.5. The molecule has 4 saturated heterocycles. The second-order valence-corrected chi connectivity index (χ2v) is 27.0. The first-order valence-corrected chi connectivity index (χ1v) is 29.4. The molecule has 30 atom stereocenters. The van der Waals surface area contributed by atoms with E-state index in [-0.39, 0.29) is 25.4 Å². The van der Waals surface area contributed by atoms with Gasteiger partial charge in [0.25, 0.3) is 0 Å². The molecule has 0 amide bonds. The summed E-state index contributed by atoms with van der Waals surface area (Å²) in [7, 11) is 0. The third kappa shape index (κ3) is 10.5. The molecule has 30 unspecified atom stereocenters. The van der Waals surface area contributed by atoms with Crippen molar-refractivity contribution in [1.82, 2.24) is 0 Å². The molecule has 0 aromatic carbocycles. The van der Waals surface area contributed by atoms with Crippen LogP contribution in [0.15, 0.2) is 23.3 Å². The van der Waals surface area contributed by atoms with E-state index in [0.717, 1.165) is 11.9 Å². The Labute approximate surface area is 487 Å². The Kier molecular flexibility index (Phi) is 18.9. The zero-order valence-corrected chi connectivity index (χ0v) is 48.8. The van der Waals surface area contributed by atoms with Gasteiger partial charge in [-0.1, -0.05) is 59.3 Å². The van der Waals surface area contributed by atoms with Crippen LogP contribution in [0.1, 0.15) is 100 Å². The fourth-order valence-corrected chi connectivity index (χ4v) is 17.1. The van der Waals surface area contributed by atoms with E-state index in [9.17, 15) is 85.9 Å². The van der Waals surface area contributed by atoms with Gasteiger partial charge in [0.05, 0.1) is 49.5 Å². The van der Waals surface area contributed by atoms with E-state index in [2.05, 4.69) is 26.8 Å². The summed E-state index contributed by atoms with van der Waals surface area (Å²) in [5.41, 5.74) is -3.87. The number of esters is 1. The molecule has 14 N–H and O–H groups in total. The molecule has 9 rings (SSSR count). The van der Waals surface area contributed by atoms with E-state index in [4.69, 9.17) is 42.6 Å². The lowest BCUT2D eigenvalue weighted by molar-refractivity contribution is -0.398. The van der Waals surface area contributed by atoms with Crippen molar-refractivity contribution >= 4 is 18.2 Å². The van der Waals surface area contributed by atoms with E-state index in [1.165, 1.54) is 0 Å². The monoisotopic (exact) mass is 1200 g/mol. The van der Waals surface area contributed by atoms with Gasteiger partial charge in [0.15, 0.2) is 31.3 Å². The number of carbonyl (C=O) groups excluding carboxylic acids is 2. The first-order valence-electron chi connectivity index (χ1n) is 29.4. The van der Waals surface area contributed by atoms with Crippen LogP contribution in [0.25, 0.3) is 0 Å². The summed E-state index contributed by atoms with van der Waals surface area (Å²) in [5, 5.41) is 154. The third-order valence-electron chi connectivity index (χ3n) is 22.4. The van der Waals surface area contributed by atoms with E-state index in [1.807, 2.05) is 13.8 Å². The average Bonchev–Trinajstić information content (AvgIpc) is 0.965. The Bertz CT molecular complexity index is 2440. The fraction of sp³-hybridized carbons (Fsp3) is 0.879. The highest BCUT2D eigenvalue weighted by molar-refractivity contribution is 5.87. The van der Waals surface area contributed by atoms with Crippen LogP contribution in [0, 0.1) is 56.2 Å². The molecule has 4 aliphatic heterocycles. The molecule has 4 heterocycles. The third-order valence-corrected chi connectivity index (χ3v) is 22.4. The second-order valence-electron chi connectivity index (χ2n) is 27.0. The lowest BCUT2D eigenvalue weighted by Crippen LogP contribution is -2.71. The fourth-order valence-electron chi connectivity index (χ4n) is 17.1. The molecule has 26 nitrogen and oxygen atoms in total. The molecule has 9 aliphatic rings. The van der Waals surface area contributed by atoms with Crippen molar-refractivity contribution in [2.75, 3.05) is 33.0 Å². The molecule has 0 radical (unpaired) electrons. The van der Waals surface area contributed by atoms with Crippen LogP contribution in [0.3, 0.4) is 0 Å². The van der Waals surface area contributed by atoms with Gasteiger partial charge in [-0.3, -0.25) is 0 Å². The maximum absolute atomic E-state index is 14.2. The molecule has 0 spiro atoms. The van der Waals surface area contributed by atoms with Crippen molar-refractivity contribution < 1.29 is 129 Å². The number of carboxylic acids is 1. The smallest absolute Gasteiger partial charge is 0.335 e. The standard InChI is InChI=1S/C58H90O26/c1-9-24(2)48(75)84-46-27(18-59)53(3,4)16-26-25-10-11-32-54(5)14-13-34(55(6,22-61)31(54)12-15-56(32,7)57(25,8)17-33(65)58(26,46)23-62)79-52-45(83-50-40(71)38(69)37(68)30(19-60)78-50)42(41(72)43(81-52)47(73)74)80-51-44(36(67)29(64)21-77-51)82-49-39(70)35(66)28(63)20-76-49/h9-10,22,26-46,49-52,59-60,62-72H,11-21,23H2,1-8H3,(H,73,74). The molecule has 0 aromatic rings. The number of allylic oxidation sites excluding steroid dienone is 3. The Morgan fingerprint density at radius 1 is 0.679 bits per heavy atom. The summed E-state index contributed by atoms with van der Waals surface area (Å²) in [5.74, 6) is -4.02. The number of hydrogen-bond acceptors (Lipinski definition) is 25. The molecule has 84 heavy (non-hydrogen) atoms. The van der Waals surface area contributed by atoms with Crippen LogP contribution in [0.5, 0.6) is 0 Å². The lowest BCUT2D eigenvalue weighted by Gasteiger charge is -2.72. The Morgan fingerprint density at radius 3 is 1.93 bits per heavy atom. The van der Waals surface area contributed by atoms with Gasteiger partial charge in [0.1, 0.15) is 91.7 Å². The van der Waals surface area contributed by atoms with E-state index >= 15 is 0 Å². The second kappa shape index (κ2) is 24.2. The van der Waals surface area contributed by atoms with Crippen LogP contribution in [0.4, 0.5) is 0 Å². The van der Waals surface area contributed by atoms with Crippen molar-refractivity contribution in [2.45, 2.75) is 229 Å². The van der Waals surface area contributed by atoms with Crippen molar-refractivity contribution in [3.8, 4) is 0 Å². The summed E-state index contributed by atoms with van der Waals surface area (Å²) in [6.07, 6.45) is -30.5. The number of aliphatic hydroxyl groups is 13. The molecule has 26 heteroatoms. The minimum absolute atomic E-state index is 0.130. The maximum atomic E-state index is 14.2. The van der Waals surface area contributed by atoms with Crippen molar-refractivity contribution in [3.05, 3.63) is 23.3 Å². The van der Waals surface area contributed by atoms with Crippen LogP contribution in [-0.2, 0) is 57.0 Å². The van der Waals surface area contributed by atoms with Gasteiger partial charge in [-0.2, -0.15) is 0 Å². The lowest BCUT2D eigenvalue weighted by atomic mass is 9.32. The average molecular weight is 1200 g/mol. The van der Waals surface area contributed by atoms with E-state index in [0.29, 0.717) is 37.7 Å². The summed E-state index contributed by atoms with van der Waals surface area (Å²) in [6, 6.07) is 0. The van der Waals surface area contributed by atoms with Gasteiger partial charge in [-0.25, -0.2) is 9.59 Å². The normalized spacial score (nSPS) is 52.1. The SMILES string of the molecule is CC=C(C)C(=O)OC1C(CO)C(C)(C)CC2C3=CCC4C5(C)CCC(OC6OC(C(=O)O)C(O)C(OC7OCC(O)C(O)C7OC7OCC(O)C(O)C7O)C6OC6OC(CO)C(O)C(O)C6O)C(C)(C=O)C5CCC4(C)C3(C)CC(O)C21CO. The van der Waals surface area contributed by atoms with Gasteiger partial charge in [0, 0.05) is 18.1 Å². The van der Waals surface area contributed by atoms with Crippen molar-refractivity contribution in [3.63, 3.8) is 0 Å². The Hall–Kier alpha value is -2.75. The zero-order chi connectivity index (χ0) is 61.7. The molecule has 5 aliphatic carbocycles. The number of aldehydes is 1. The molecule has 0 aromatic heterocycles. The van der Waals surface area contributed by atoms with E-state index in [1.54, 1.807) is 26.8 Å². The molecule has 4 saturated carbocycles. The first kappa shape index (κ1) is 65.7. The van der Waals surface area contributed by atoms with Gasteiger partial charge in [-0.05, 0) is 98.2 Å². The van der Waals surface area contributed by atoms with Crippen LogP contribution < -0.4 is 0 Å². The predicted molar refractivity (Wildman–Crippen MR) is 284 cm³/mol. The van der Waals surface area contributed by atoms with Gasteiger partial charge in [-0.15, -0.1) is 0 Å². The van der Waals surface area contributed by atoms with Crippen LogP contribution in [0.2, 0.25) is 0 Å². The van der Waals surface area contributed by atoms with E-state index < -0.39 is 218 Å². The van der Waals surface area contributed by atoms with Gasteiger partial charge < -0.3 is 119 Å². The van der Waals surface area contributed by atoms with Crippen LogP contribution >= 0.6 is 0 Å². The quantitative estimate of drug-likeness (QED) is 0.0269. The number of fused-ring (bicyclic) bond motifs is 7. The summed E-state index contributed by atoms with van der Waals surface area (Å²) in [6.45, 7) is 12.6. The topological polar surface area (TPSA) is 418 Å². The minimum Gasteiger partial charge on any atom is -0.479 e. The van der Waals surface area contributed by atoms with Gasteiger partial charge >= 0.3 is 11.9 Å². The highest BCUT2D eigenvalue weighted by Crippen LogP contribution is 2.76. The number of hydrogen-bond donors (Lipinski definition) is 14. The minimum atomic E-state index is -2.27. The number of rotatable bonds is 15. The first-order chi connectivity index (χ1) is 39.4. The Morgan fingerprint density at radius 2 is 1.31 bits per heavy atom. The largest absolute Gasteiger partial charge is 0.479 e. The van der Waals surface area contributed by atoms with Crippen LogP contribution in [-0.4, -0.2) is 252 Å². The molecule has 478 valence electrons. The number of aliphatic carboxylic acids is 1.